The molecular formula is AgBO2-2. The van der Waals surface area contributed by atoms with Crippen LogP contribution in [0.2, 0.25) is 0 Å². The predicted molar refractivity (Wildman–Crippen MR) is 5.75 cm³/mol. The standard InChI is InChI=1S/Ag.BO2/c;2-1-3/q;-2. The summed E-state index contributed by atoms with van der Waals surface area (Å²) >= 11 is 0. The van der Waals surface area contributed by atoms with Gasteiger partial charge in [-0.3, -0.25) is 0 Å². The summed E-state index contributed by atoms with van der Waals surface area (Å²) in [5.74, 6) is 0. The Kier molecular flexibility index (Phi) is 20.5. The Hall–Kier alpha value is 0.725. The summed E-state index contributed by atoms with van der Waals surface area (Å²) in [4.78, 5) is 0. The minimum Gasteiger partial charge on any atom is -0.900 e. The molecule has 0 aliphatic rings. The molecule has 0 N–H and O–H groups in total. The Morgan fingerprint density at radius 1 is 1.25 bits per heavy atom. The Morgan fingerprint density at radius 2 is 1.25 bits per heavy atom. The molecule has 0 atom stereocenters. The first kappa shape index (κ1) is 8.83. The van der Waals surface area contributed by atoms with Crippen LogP contribution in [0.15, 0.2) is 0 Å². The predicted octanol–water partition coefficient (Wildman–Crippen LogP) is -2.76. The molecule has 0 spiro atoms. The van der Waals surface area contributed by atoms with Gasteiger partial charge < -0.3 is 10.0 Å². The van der Waals surface area contributed by atoms with Crippen LogP contribution in [0, 0.1) is 0 Å². The van der Waals surface area contributed by atoms with Crippen molar-refractivity contribution in [1.29, 1.82) is 0 Å². The molecule has 2 radical (unpaired) electrons. The first-order valence-electron chi connectivity index (χ1n) is 0.471. The van der Waals surface area contributed by atoms with Crippen LogP contribution in [0.5, 0.6) is 0 Å². The topological polar surface area (TPSA) is 46.1 Å². The van der Waals surface area contributed by atoms with Gasteiger partial charge in [0.2, 0.25) is 0 Å². The maximum atomic E-state index is 8.25. The van der Waals surface area contributed by atoms with Crippen molar-refractivity contribution in [1.82, 2.24) is 0 Å². The Labute approximate surface area is 40.7 Å². The molecule has 0 unspecified atom stereocenters. The van der Waals surface area contributed by atoms with E-state index in [1.165, 1.54) is 0 Å². The molecule has 4 heteroatoms. The molecule has 0 saturated carbocycles. The normalized spacial score (nSPS) is 3.50. The van der Waals surface area contributed by atoms with Gasteiger partial charge in [0.1, 0.15) is 0 Å². The van der Waals surface area contributed by atoms with Crippen molar-refractivity contribution in [3.8, 4) is 0 Å². The van der Waals surface area contributed by atoms with E-state index in [1.807, 2.05) is 0 Å². The average Bonchev–Trinajstić information content (AvgIpc) is 0.918. The molecule has 28 valence electrons. The third kappa shape index (κ3) is 15.4. The Morgan fingerprint density at radius 3 is 1.25 bits per heavy atom. The summed E-state index contributed by atoms with van der Waals surface area (Å²) in [5.41, 5.74) is 0. The monoisotopic (exact) mass is 150 g/mol. The van der Waals surface area contributed by atoms with E-state index >= 15 is 0 Å². The summed E-state index contributed by atoms with van der Waals surface area (Å²) in [6.45, 7) is 0. The van der Waals surface area contributed by atoms with Crippen LogP contribution in [0.25, 0.3) is 0 Å². The van der Waals surface area contributed by atoms with E-state index in [-0.39, 0.29) is 22.4 Å². The van der Waals surface area contributed by atoms with Gasteiger partial charge in [-0.05, 0) is 0 Å². The average molecular weight is 151 g/mol. The molecule has 0 aromatic carbocycles. The summed E-state index contributed by atoms with van der Waals surface area (Å²) in [6, 6.07) is 0. The van der Waals surface area contributed by atoms with E-state index in [2.05, 4.69) is 0 Å². The van der Waals surface area contributed by atoms with Gasteiger partial charge in [-0.1, -0.05) is 0 Å². The summed E-state index contributed by atoms with van der Waals surface area (Å²) in [6.07, 6.45) is 0. The molecule has 2 nitrogen and oxygen atoms in total. The Balaban J connectivity index is 0. The summed E-state index contributed by atoms with van der Waals surface area (Å²) < 4.78 is 0. The van der Waals surface area contributed by atoms with Crippen molar-refractivity contribution in [3.05, 3.63) is 0 Å². The first-order valence-corrected chi connectivity index (χ1v) is 0.471. The number of hydrogen-bond acceptors (Lipinski definition) is 2. The van der Waals surface area contributed by atoms with Crippen molar-refractivity contribution < 1.29 is 32.4 Å². The smallest absolute Gasteiger partial charge is 0 e. The quantitative estimate of drug-likeness (QED) is 0.352. The van der Waals surface area contributed by atoms with Crippen molar-refractivity contribution in [3.63, 3.8) is 0 Å². The SMILES string of the molecule is [Ag].[O-][B][O-]. The van der Waals surface area contributed by atoms with Gasteiger partial charge in [0.15, 0.2) is 0 Å². The van der Waals surface area contributed by atoms with E-state index in [0.717, 1.165) is 0 Å². The third-order valence-electron chi connectivity index (χ3n) is 0. The van der Waals surface area contributed by atoms with Crippen LogP contribution in [-0.2, 0) is 22.4 Å². The molecule has 0 aliphatic heterocycles. The van der Waals surface area contributed by atoms with Crippen molar-refractivity contribution in [2.24, 2.45) is 0 Å². The zero-order valence-corrected chi connectivity index (χ0v) is 3.18. The van der Waals surface area contributed by atoms with Gasteiger partial charge in [0, 0.05) is 22.4 Å². The van der Waals surface area contributed by atoms with Gasteiger partial charge >= 0.3 is 0 Å². The molecule has 0 aromatic heterocycles. The fraction of sp³-hybridized carbons (Fsp3) is 0. The van der Waals surface area contributed by atoms with E-state index < -0.39 is 7.69 Å². The second-order valence-corrected chi connectivity index (χ2v) is 0.0962. The summed E-state index contributed by atoms with van der Waals surface area (Å²) in [5, 5.41) is 16.5. The van der Waals surface area contributed by atoms with Gasteiger partial charge in [-0.2, -0.15) is 0 Å². The largest absolute Gasteiger partial charge is 0.900 e. The van der Waals surface area contributed by atoms with Gasteiger partial charge in [0.05, 0.1) is 0 Å². The molecule has 0 saturated heterocycles. The first-order chi connectivity index (χ1) is 1.41. The molecular weight excluding hydrogens is 151 g/mol. The molecule has 0 amide bonds. The van der Waals surface area contributed by atoms with Crippen LogP contribution >= 0.6 is 0 Å². The second kappa shape index (κ2) is 9.30. The van der Waals surface area contributed by atoms with E-state index in [1.54, 1.807) is 0 Å². The maximum Gasteiger partial charge on any atom is 0 e. The third-order valence-corrected chi connectivity index (χ3v) is 0. The minimum atomic E-state index is -0.500. The second-order valence-electron chi connectivity index (χ2n) is 0.0962. The molecule has 0 aliphatic carbocycles. The molecule has 0 heterocycles. The van der Waals surface area contributed by atoms with E-state index in [9.17, 15) is 0 Å². The molecule has 4 heavy (non-hydrogen) atoms. The van der Waals surface area contributed by atoms with E-state index in [0.29, 0.717) is 0 Å². The van der Waals surface area contributed by atoms with E-state index in [4.69, 9.17) is 10.0 Å². The van der Waals surface area contributed by atoms with Crippen LogP contribution in [0.3, 0.4) is 0 Å². The van der Waals surface area contributed by atoms with Crippen molar-refractivity contribution >= 4 is 7.69 Å². The maximum absolute atomic E-state index is 8.25. The van der Waals surface area contributed by atoms with Crippen LogP contribution < -0.4 is 10.0 Å². The zero-order valence-electron chi connectivity index (χ0n) is 1.70. The van der Waals surface area contributed by atoms with Crippen LogP contribution in [-0.4, -0.2) is 7.69 Å². The van der Waals surface area contributed by atoms with Gasteiger partial charge in [-0.25, -0.2) is 7.69 Å². The number of rotatable bonds is 0. The van der Waals surface area contributed by atoms with Crippen LogP contribution in [0.4, 0.5) is 0 Å². The molecule has 0 rings (SSSR count). The summed E-state index contributed by atoms with van der Waals surface area (Å²) in [7, 11) is -0.500. The van der Waals surface area contributed by atoms with Gasteiger partial charge in [-0.15, -0.1) is 0 Å². The minimum absolute atomic E-state index is 0. The van der Waals surface area contributed by atoms with Gasteiger partial charge in [0.25, 0.3) is 0 Å². The zero-order chi connectivity index (χ0) is 2.71. The van der Waals surface area contributed by atoms with Crippen molar-refractivity contribution in [2.45, 2.75) is 0 Å². The fourth-order valence-electron chi connectivity index (χ4n) is 0. The van der Waals surface area contributed by atoms with Crippen LogP contribution in [0.1, 0.15) is 0 Å². The molecule has 0 fully saturated rings. The number of hydrogen-bond donors (Lipinski definition) is 0. The Bertz CT molecular complexity index is 6.00. The molecule has 0 bridgehead atoms. The molecule has 0 aromatic rings. The fourth-order valence-corrected chi connectivity index (χ4v) is 0. The van der Waals surface area contributed by atoms with Crippen molar-refractivity contribution in [2.75, 3.05) is 0 Å².